The number of nitrogens with zero attached hydrogens (tertiary/aromatic N) is 2. The van der Waals surface area contributed by atoms with Gasteiger partial charge in [0.1, 0.15) is 0 Å². The first-order chi connectivity index (χ1) is 13.5. The lowest BCUT2D eigenvalue weighted by Crippen LogP contribution is -2.44. The van der Waals surface area contributed by atoms with Crippen LogP contribution < -0.4 is 5.32 Å². The van der Waals surface area contributed by atoms with Gasteiger partial charge in [-0.1, -0.05) is 11.6 Å². The van der Waals surface area contributed by atoms with E-state index in [1.165, 1.54) is 0 Å². The number of hydrogen-bond acceptors (Lipinski definition) is 4. The maximum Gasteiger partial charge on any atom is 0.233 e. The lowest BCUT2D eigenvalue weighted by molar-refractivity contribution is -0.144. The van der Waals surface area contributed by atoms with E-state index in [-0.39, 0.29) is 46.7 Å². The third-order valence-corrected chi connectivity index (χ3v) is 7.71. The van der Waals surface area contributed by atoms with E-state index in [2.05, 4.69) is 10.3 Å². The average Bonchev–Trinajstić information content (AvgIpc) is 3.38. The van der Waals surface area contributed by atoms with Crippen molar-refractivity contribution >= 4 is 35.0 Å². The summed E-state index contributed by atoms with van der Waals surface area (Å²) in [6.07, 6.45) is 7.59. The number of fused-ring (bicyclic) bond motifs is 5. The molecule has 3 amide bonds. The Balaban J connectivity index is 1.22. The first-order valence-corrected chi connectivity index (χ1v) is 10.7. The van der Waals surface area contributed by atoms with Gasteiger partial charge < -0.3 is 5.32 Å². The predicted molar refractivity (Wildman–Crippen MR) is 103 cm³/mol. The Bertz CT molecular complexity index is 808. The van der Waals surface area contributed by atoms with Gasteiger partial charge in [-0.25, -0.2) is 4.98 Å². The molecule has 1 aromatic rings. The maximum atomic E-state index is 13.0. The van der Waals surface area contributed by atoms with Gasteiger partial charge in [0.25, 0.3) is 0 Å². The average molecular weight is 402 g/mol. The summed E-state index contributed by atoms with van der Waals surface area (Å²) < 4.78 is 0. The Kier molecular flexibility index (Phi) is 4.42. The molecule has 148 valence electrons. The molecule has 4 atom stereocenters. The second-order valence-electron chi connectivity index (χ2n) is 8.77. The van der Waals surface area contributed by atoms with E-state index in [0.717, 1.165) is 19.3 Å². The van der Waals surface area contributed by atoms with Gasteiger partial charge in [0.05, 0.1) is 17.5 Å². The minimum Gasteiger partial charge on any atom is -0.323 e. The van der Waals surface area contributed by atoms with Crippen LogP contribution in [0.4, 0.5) is 5.69 Å². The molecule has 2 heterocycles. The van der Waals surface area contributed by atoms with Crippen LogP contribution in [0.3, 0.4) is 0 Å². The third kappa shape index (κ3) is 2.76. The first kappa shape index (κ1) is 18.1. The monoisotopic (exact) mass is 401 g/mol. The van der Waals surface area contributed by atoms with Crippen LogP contribution in [-0.2, 0) is 14.4 Å². The highest BCUT2D eigenvalue weighted by atomic mass is 35.5. The standard InChI is InChI=1S/C21H24ClN3O3/c22-18-15(2-1-9-23-18)24-19(26)11-5-7-14(8-6-11)25-20(27)16-12-3-4-13(10-12)17(16)21(25)28/h1-2,9,11-14,16-17H,3-8,10H2,(H,24,26)/t11-,12-,13+,14-,16-,17+. The highest BCUT2D eigenvalue weighted by Crippen LogP contribution is 2.56. The fourth-order valence-corrected chi connectivity index (χ4v) is 6.27. The van der Waals surface area contributed by atoms with Gasteiger partial charge in [-0.3, -0.25) is 19.3 Å². The molecular weight excluding hydrogens is 378 g/mol. The molecule has 6 nitrogen and oxygen atoms in total. The van der Waals surface area contributed by atoms with E-state index in [1.807, 2.05) is 0 Å². The molecule has 0 radical (unpaired) electrons. The van der Waals surface area contributed by atoms with E-state index in [0.29, 0.717) is 43.2 Å². The second kappa shape index (κ2) is 6.83. The number of carbonyl (C=O) groups excluding carboxylic acids is 3. The zero-order valence-electron chi connectivity index (χ0n) is 15.6. The molecular formula is C21H24ClN3O3. The molecule has 1 aromatic heterocycles. The number of pyridine rings is 1. The summed E-state index contributed by atoms with van der Waals surface area (Å²) in [6, 6.07) is 3.41. The van der Waals surface area contributed by atoms with E-state index in [1.54, 1.807) is 23.2 Å². The summed E-state index contributed by atoms with van der Waals surface area (Å²) >= 11 is 6.02. The van der Waals surface area contributed by atoms with Crippen LogP contribution in [0, 0.1) is 29.6 Å². The molecule has 1 aliphatic heterocycles. The largest absolute Gasteiger partial charge is 0.323 e. The number of anilines is 1. The fraction of sp³-hybridized carbons (Fsp3) is 0.619. The zero-order chi connectivity index (χ0) is 19.4. The van der Waals surface area contributed by atoms with E-state index in [9.17, 15) is 14.4 Å². The van der Waals surface area contributed by atoms with Gasteiger partial charge in [-0.15, -0.1) is 0 Å². The highest BCUT2D eigenvalue weighted by molar-refractivity contribution is 6.32. The summed E-state index contributed by atoms with van der Waals surface area (Å²) in [5.41, 5.74) is 0.518. The number of rotatable bonds is 3. The van der Waals surface area contributed by atoms with Crippen molar-refractivity contribution < 1.29 is 14.4 Å². The van der Waals surface area contributed by atoms with E-state index in [4.69, 9.17) is 11.6 Å². The molecule has 3 aliphatic carbocycles. The molecule has 1 N–H and O–H groups in total. The van der Waals surface area contributed by atoms with Gasteiger partial charge in [0.2, 0.25) is 17.7 Å². The van der Waals surface area contributed by atoms with Crippen molar-refractivity contribution in [1.29, 1.82) is 0 Å². The number of amides is 3. The molecule has 0 unspecified atom stereocenters. The summed E-state index contributed by atoms with van der Waals surface area (Å²) in [7, 11) is 0. The smallest absolute Gasteiger partial charge is 0.233 e. The highest BCUT2D eigenvalue weighted by Gasteiger charge is 2.61. The van der Waals surface area contributed by atoms with Gasteiger partial charge in [-0.2, -0.15) is 0 Å². The number of imide groups is 1. The number of hydrogen-bond donors (Lipinski definition) is 1. The Hall–Kier alpha value is -1.95. The topological polar surface area (TPSA) is 79.4 Å². The Morgan fingerprint density at radius 1 is 1.04 bits per heavy atom. The van der Waals surface area contributed by atoms with Gasteiger partial charge >= 0.3 is 0 Å². The fourth-order valence-electron chi connectivity index (χ4n) is 6.10. The molecule has 4 aliphatic rings. The van der Waals surface area contributed by atoms with Gasteiger partial charge in [-0.05, 0) is 68.9 Å². The third-order valence-electron chi connectivity index (χ3n) is 7.41. The number of nitrogens with one attached hydrogen (secondary N) is 1. The molecule has 0 spiro atoms. The number of aromatic nitrogens is 1. The minimum atomic E-state index is -0.129. The van der Waals surface area contributed by atoms with Crippen LogP contribution in [-0.4, -0.2) is 33.6 Å². The quantitative estimate of drug-likeness (QED) is 0.622. The SMILES string of the molecule is O=C1[C@@H]2[C@@H]3CC[C@@H](C3)[C@@H]2C(=O)N1[C@H]1CC[C@H](C(=O)Nc2cccnc2Cl)CC1. The predicted octanol–water partition coefficient (Wildman–Crippen LogP) is 3.26. The molecule has 2 bridgehead atoms. The van der Waals surface area contributed by atoms with Crippen LogP contribution in [0.2, 0.25) is 5.15 Å². The molecule has 1 saturated heterocycles. The van der Waals surface area contributed by atoms with E-state index >= 15 is 0 Å². The maximum absolute atomic E-state index is 13.0. The lowest BCUT2D eigenvalue weighted by atomic mass is 9.81. The van der Waals surface area contributed by atoms with Crippen molar-refractivity contribution in [3.8, 4) is 0 Å². The summed E-state index contributed by atoms with van der Waals surface area (Å²) in [6.45, 7) is 0. The number of likely N-dealkylation sites (tertiary alicyclic amines) is 1. The van der Waals surface area contributed by atoms with Crippen molar-refractivity contribution in [2.75, 3.05) is 5.32 Å². The lowest BCUT2D eigenvalue weighted by Gasteiger charge is -2.33. The van der Waals surface area contributed by atoms with Crippen LogP contribution in [0.25, 0.3) is 0 Å². The molecule has 4 fully saturated rings. The van der Waals surface area contributed by atoms with Gasteiger partial charge in [0.15, 0.2) is 5.15 Å². The number of carbonyl (C=O) groups is 3. The second-order valence-corrected chi connectivity index (χ2v) is 9.13. The number of halogens is 1. The first-order valence-electron chi connectivity index (χ1n) is 10.3. The van der Waals surface area contributed by atoms with Crippen LogP contribution in [0.1, 0.15) is 44.9 Å². The molecule has 3 saturated carbocycles. The minimum absolute atomic E-state index is 0.0453. The van der Waals surface area contributed by atoms with Crippen molar-refractivity contribution in [2.45, 2.75) is 51.0 Å². The Morgan fingerprint density at radius 3 is 2.29 bits per heavy atom. The van der Waals surface area contributed by atoms with Crippen molar-refractivity contribution in [3.05, 3.63) is 23.5 Å². The normalized spacial score (nSPS) is 36.7. The van der Waals surface area contributed by atoms with Crippen LogP contribution >= 0.6 is 11.6 Å². The molecule has 7 heteroatoms. The summed E-state index contributed by atoms with van der Waals surface area (Å²) in [5.74, 6) is 0.665. The van der Waals surface area contributed by atoms with Crippen molar-refractivity contribution in [1.82, 2.24) is 9.88 Å². The van der Waals surface area contributed by atoms with Crippen LogP contribution in [0.15, 0.2) is 18.3 Å². The Morgan fingerprint density at radius 2 is 1.68 bits per heavy atom. The molecule has 0 aromatic carbocycles. The van der Waals surface area contributed by atoms with Crippen molar-refractivity contribution in [3.63, 3.8) is 0 Å². The summed E-state index contributed by atoms with van der Waals surface area (Å²) in [4.78, 5) is 44.1. The van der Waals surface area contributed by atoms with Gasteiger partial charge in [0, 0.05) is 18.2 Å². The molecule has 5 rings (SSSR count). The zero-order valence-corrected chi connectivity index (χ0v) is 16.4. The molecule has 28 heavy (non-hydrogen) atoms. The Labute approximate surface area is 169 Å². The summed E-state index contributed by atoms with van der Waals surface area (Å²) in [5, 5.41) is 3.13. The van der Waals surface area contributed by atoms with Crippen molar-refractivity contribution in [2.24, 2.45) is 29.6 Å². The van der Waals surface area contributed by atoms with E-state index < -0.39 is 0 Å². The van der Waals surface area contributed by atoms with Crippen LogP contribution in [0.5, 0.6) is 0 Å².